The van der Waals surface area contributed by atoms with Crippen LogP contribution >= 0.6 is 11.6 Å². The number of nitrogens with one attached hydrogen (secondary N) is 2. The Hall–Kier alpha value is -3.84. The van der Waals surface area contributed by atoms with Crippen LogP contribution in [0, 0.1) is 0 Å². The van der Waals surface area contributed by atoms with E-state index in [0.29, 0.717) is 33.3 Å². The molecule has 3 aromatic carbocycles. The van der Waals surface area contributed by atoms with Crippen LogP contribution in [0.15, 0.2) is 77.9 Å². The number of ether oxygens (including phenoxy) is 2. The minimum atomic E-state index is -0.373. The van der Waals surface area contributed by atoms with Crippen LogP contribution in [-0.4, -0.2) is 31.7 Å². The predicted molar refractivity (Wildman–Crippen MR) is 120 cm³/mol. The summed E-state index contributed by atoms with van der Waals surface area (Å²) in [5.74, 6) is 0.289. The Morgan fingerprint density at radius 2 is 1.65 bits per heavy atom. The van der Waals surface area contributed by atoms with Crippen LogP contribution in [0.3, 0.4) is 0 Å². The average Bonchev–Trinajstić information content (AvgIpc) is 2.79. The van der Waals surface area contributed by atoms with Crippen LogP contribution in [0.4, 0.5) is 5.69 Å². The third kappa shape index (κ3) is 6.32. The number of para-hydroxylation sites is 3. The SMILES string of the molecule is COc1ccccc1NC(=O)COc1ccccc1C=NNC(=O)c1ccc(Cl)cc1. The lowest BCUT2D eigenvalue weighted by Gasteiger charge is -2.11. The maximum absolute atomic E-state index is 12.3. The van der Waals surface area contributed by atoms with Gasteiger partial charge in [-0.2, -0.15) is 5.10 Å². The smallest absolute Gasteiger partial charge is 0.271 e. The van der Waals surface area contributed by atoms with Gasteiger partial charge in [0.1, 0.15) is 11.5 Å². The van der Waals surface area contributed by atoms with Crippen molar-refractivity contribution in [1.82, 2.24) is 5.43 Å². The lowest BCUT2D eigenvalue weighted by atomic mass is 10.2. The summed E-state index contributed by atoms with van der Waals surface area (Å²) >= 11 is 5.82. The number of hydrogen-bond donors (Lipinski definition) is 2. The quantitative estimate of drug-likeness (QED) is 0.409. The molecule has 0 atom stereocenters. The molecule has 0 aromatic heterocycles. The third-order valence-corrected chi connectivity index (χ3v) is 4.39. The van der Waals surface area contributed by atoms with Gasteiger partial charge in [0.15, 0.2) is 6.61 Å². The first-order valence-corrected chi connectivity index (χ1v) is 9.68. The van der Waals surface area contributed by atoms with Gasteiger partial charge in [-0.15, -0.1) is 0 Å². The fraction of sp³-hybridized carbons (Fsp3) is 0.0870. The standard InChI is InChI=1S/C23H20ClN3O4/c1-30-21-9-5-3-7-19(21)26-22(28)15-31-20-8-4-2-6-17(20)14-25-27-23(29)16-10-12-18(24)13-11-16/h2-14H,15H2,1H3,(H,26,28)(H,27,29). The molecule has 0 bridgehead atoms. The molecule has 0 aliphatic heterocycles. The molecule has 0 fully saturated rings. The number of anilines is 1. The van der Waals surface area contributed by atoms with Crippen molar-refractivity contribution in [3.05, 3.63) is 88.9 Å². The van der Waals surface area contributed by atoms with E-state index in [1.807, 2.05) is 6.07 Å². The summed E-state index contributed by atoms with van der Waals surface area (Å²) in [5.41, 5.74) is 4.03. The predicted octanol–water partition coefficient (Wildman–Crippen LogP) is 4.13. The number of nitrogens with zero attached hydrogens (tertiary/aromatic N) is 1. The molecule has 0 aliphatic carbocycles. The van der Waals surface area contributed by atoms with Crippen LogP contribution in [-0.2, 0) is 4.79 Å². The molecule has 8 heteroatoms. The monoisotopic (exact) mass is 437 g/mol. The van der Waals surface area contributed by atoms with E-state index < -0.39 is 0 Å². The minimum Gasteiger partial charge on any atom is -0.495 e. The number of amides is 2. The van der Waals surface area contributed by atoms with Crippen molar-refractivity contribution in [2.24, 2.45) is 5.10 Å². The van der Waals surface area contributed by atoms with Gasteiger partial charge in [-0.05, 0) is 48.5 Å². The van der Waals surface area contributed by atoms with E-state index in [1.54, 1.807) is 66.7 Å². The molecule has 2 N–H and O–H groups in total. The Morgan fingerprint density at radius 1 is 0.968 bits per heavy atom. The third-order valence-electron chi connectivity index (χ3n) is 4.13. The zero-order chi connectivity index (χ0) is 22.1. The normalized spacial score (nSPS) is 10.5. The van der Waals surface area contributed by atoms with Gasteiger partial charge in [0.05, 0.1) is 19.0 Å². The molecule has 0 unspecified atom stereocenters. The number of benzene rings is 3. The molecule has 3 aromatic rings. The molecular formula is C23H20ClN3O4. The Kier molecular flexibility index (Phi) is 7.61. The summed E-state index contributed by atoms with van der Waals surface area (Å²) in [6.07, 6.45) is 1.45. The van der Waals surface area contributed by atoms with Gasteiger partial charge >= 0.3 is 0 Å². The lowest BCUT2D eigenvalue weighted by molar-refractivity contribution is -0.118. The highest BCUT2D eigenvalue weighted by molar-refractivity contribution is 6.30. The van der Waals surface area contributed by atoms with Crippen LogP contribution in [0.1, 0.15) is 15.9 Å². The Bertz CT molecular complexity index is 1080. The van der Waals surface area contributed by atoms with Gasteiger partial charge in [0.2, 0.25) is 0 Å². The van der Waals surface area contributed by atoms with E-state index in [-0.39, 0.29) is 18.4 Å². The molecule has 0 spiro atoms. The summed E-state index contributed by atoms with van der Waals surface area (Å²) in [6, 6.07) is 20.6. The van der Waals surface area contributed by atoms with Crippen molar-refractivity contribution >= 4 is 35.3 Å². The van der Waals surface area contributed by atoms with Crippen molar-refractivity contribution in [3.63, 3.8) is 0 Å². The summed E-state index contributed by atoms with van der Waals surface area (Å²) in [4.78, 5) is 24.4. The van der Waals surface area contributed by atoms with Crippen LogP contribution in [0.5, 0.6) is 11.5 Å². The van der Waals surface area contributed by atoms with Gasteiger partial charge in [-0.1, -0.05) is 35.9 Å². The van der Waals surface area contributed by atoms with Crippen LogP contribution in [0.2, 0.25) is 5.02 Å². The van der Waals surface area contributed by atoms with Crippen molar-refractivity contribution in [2.75, 3.05) is 19.0 Å². The fourth-order valence-corrected chi connectivity index (χ4v) is 2.75. The minimum absolute atomic E-state index is 0.208. The van der Waals surface area contributed by atoms with E-state index in [1.165, 1.54) is 13.3 Å². The number of methoxy groups -OCH3 is 1. The Labute approximate surface area is 184 Å². The first-order valence-electron chi connectivity index (χ1n) is 9.30. The number of hydrazone groups is 1. The largest absolute Gasteiger partial charge is 0.495 e. The van der Waals surface area contributed by atoms with E-state index >= 15 is 0 Å². The molecule has 2 amide bonds. The van der Waals surface area contributed by atoms with Crippen molar-refractivity contribution < 1.29 is 19.1 Å². The summed E-state index contributed by atoms with van der Waals surface area (Å²) in [7, 11) is 1.53. The molecule has 158 valence electrons. The van der Waals surface area contributed by atoms with Gasteiger partial charge in [0, 0.05) is 16.1 Å². The van der Waals surface area contributed by atoms with Crippen molar-refractivity contribution in [1.29, 1.82) is 0 Å². The van der Waals surface area contributed by atoms with Gasteiger partial charge in [-0.3, -0.25) is 9.59 Å². The first kappa shape index (κ1) is 21.9. The second-order valence-electron chi connectivity index (χ2n) is 6.28. The summed E-state index contributed by atoms with van der Waals surface area (Å²) in [6.45, 7) is -0.208. The summed E-state index contributed by atoms with van der Waals surface area (Å²) < 4.78 is 10.8. The number of carbonyl (C=O) groups is 2. The topological polar surface area (TPSA) is 89.0 Å². The van der Waals surface area contributed by atoms with E-state index in [0.717, 1.165) is 0 Å². The number of carbonyl (C=O) groups excluding carboxylic acids is 2. The molecule has 0 saturated heterocycles. The molecule has 0 radical (unpaired) electrons. The fourth-order valence-electron chi connectivity index (χ4n) is 2.62. The number of hydrogen-bond acceptors (Lipinski definition) is 5. The molecule has 3 rings (SSSR count). The highest BCUT2D eigenvalue weighted by Gasteiger charge is 2.09. The molecule has 7 nitrogen and oxygen atoms in total. The first-order chi connectivity index (χ1) is 15.1. The van der Waals surface area contributed by atoms with Crippen molar-refractivity contribution in [3.8, 4) is 11.5 Å². The molecule has 0 aliphatic rings. The van der Waals surface area contributed by atoms with E-state index in [9.17, 15) is 9.59 Å². The van der Waals surface area contributed by atoms with Crippen molar-refractivity contribution in [2.45, 2.75) is 0 Å². The summed E-state index contributed by atoms with van der Waals surface area (Å²) in [5, 5.41) is 7.25. The Morgan fingerprint density at radius 3 is 2.39 bits per heavy atom. The zero-order valence-corrected chi connectivity index (χ0v) is 17.4. The molecule has 0 heterocycles. The molecular weight excluding hydrogens is 418 g/mol. The van der Waals surface area contributed by atoms with Crippen LogP contribution in [0.25, 0.3) is 0 Å². The second kappa shape index (κ2) is 10.8. The van der Waals surface area contributed by atoms with Gasteiger partial charge in [-0.25, -0.2) is 5.43 Å². The average molecular weight is 438 g/mol. The highest BCUT2D eigenvalue weighted by atomic mass is 35.5. The van der Waals surface area contributed by atoms with Crippen LogP contribution < -0.4 is 20.2 Å². The zero-order valence-electron chi connectivity index (χ0n) is 16.7. The van der Waals surface area contributed by atoms with E-state index in [4.69, 9.17) is 21.1 Å². The lowest BCUT2D eigenvalue weighted by Crippen LogP contribution is -2.21. The van der Waals surface area contributed by atoms with Gasteiger partial charge in [0.25, 0.3) is 11.8 Å². The van der Waals surface area contributed by atoms with Gasteiger partial charge < -0.3 is 14.8 Å². The number of rotatable bonds is 8. The maximum Gasteiger partial charge on any atom is 0.271 e. The highest BCUT2D eigenvalue weighted by Crippen LogP contribution is 2.23. The maximum atomic E-state index is 12.3. The molecule has 31 heavy (non-hydrogen) atoms. The van der Waals surface area contributed by atoms with E-state index in [2.05, 4.69) is 15.8 Å². The number of halogens is 1. The Balaban J connectivity index is 1.58. The second-order valence-corrected chi connectivity index (χ2v) is 6.72. The molecule has 0 saturated carbocycles.